The summed E-state index contributed by atoms with van der Waals surface area (Å²) in [5, 5.41) is 1.01. The summed E-state index contributed by atoms with van der Waals surface area (Å²) < 4.78 is 8.11. The molecule has 3 aromatic rings. The zero-order valence-electron chi connectivity index (χ0n) is 11.5. The number of hydrogen-bond acceptors (Lipinski definition) is 2. The van der Waals surface area contributed by atoms with Crippen molar-refractivity contribution in [2.75, 3.05) is 7.11 Å². The van der Waals surface area contributed by atoms with Crippen molar-refractivity contribution >= 4 is 32.6 Å². The average molecular weight is 344 g/mol. The summed E-state index contributed by atoms with van der Waals surface area (Å²) in [6.07, 6.45) is 1.92. The van der Waals surface area contributed by atoms with E-state index in [1.54, 1.807) is 7.11 Å². The molecule has 0 atom stereocenters. The van der Waals surface area contributed by atoms with Gasteiger partial charge < -0.3 is 9.30 Å². The summed E-state index contributed by atoms with van der Waals surface area (Å²) in [5.74, 6) is 0.891. The molecule has 0 aliphatic rings. The number of carbonyl (C=O) groups is 1. The number of benzene rings is 2. The van der Waals surface area contributed by atoms with E-state index >= 15 is 0 Å². The lowest BCUT2D eigenvalue weighted by Gasteiger charge is -2.07. The van der Waals surface area contributed by atoms with Gasteiger partial charge in [-0.1, -0.05) is 40.2 Å². The topological polar surface area (TPSA) is 31.2 Å². The number of Topliss-reactive ketones (excluding diaryl/α,β-unsaturated/α-hetero) is 1. The third-order valence-corrected chi connectivity index (χ3v) is 4.17. The number of rotatable bonds is 4. The Balaban J connectivity index is 1.96. The largest absolute Gasteiger partial charge is 0.496 e. The average Bonchev–Trinajstić information content (AvgIpc) is 2.91. The van der Waals surface area contributed by atoms with Gasteiger partial charge in [0.15, 0.2) is 5.78 Å². The molecule has 1 heterocycles. The fraction of sp³-hybridized carbons (Fsp3) is 0.118. The van der Waals surface area contributed by atoms with E-state index in [2.05, 4.69) is 15.9 Å². The highest BCUT2D eigenvalue weighted by atomic mass is 79.9. The van der Waals surface area contributed by atoms with Gasteiger partial charge in [0.2, 0.25) is 0 Å². The molecule has 0 saturated carbocycles. The summed E-state index contributed by atoms with van der Waals surface area (Å²) in [6.45, 7) is 0.305. The highest BCUT2D eigenvalue weighted by Crippen LogP contribution is 2.26. The maximum atomic E-state index is 12.4. The summed E-state index contributed by atoms with van der Waals surface area (Å²) in [5.41, 5.74) is 1.69. The second kappa shape index (κ2) is 5.74. The number of fused-ring (bicyclic) bond motifs is 1. The molecular weight excluding hydrogens is 330 g/mol. The number of methoxy groups -OCH3 is 1. The van der Waals surface area contributed by atoms with Crippen molar-refractivity contribution in [3.8, 4) is 5.75 Å². The summed E-state index contributed by atoms with van der Waals surface area (Å²) in [7, 11) is 1.65. The van der Waals surface area contributed by atoms with Crippen LogP contribution in [0.1, 0.15) is 10.4 Å². The zero-order valence-corrected chi connectivity index (χ0v) is 13.1. The van der Waals surface area contributed by atoms with Gasteiger partial charge in [-0.3, -0.25) is 4.79 Å². The van der Waals surface area contributed by atoms with Gasteiger partial charge in [0.1, 0.15) is 5.75 Å². The van der Waals surface area contributed by atoms with E-state index in [1.807, 2.05) is 59.3 Å². The van der Waals surface area contributed by atoms with Gasteiger partial charge in [-0.2, -0.15) is 0 Å². The molecule has 0 fully saturated rings. The highest BCUT2D eigenvalue weighted by molar-refractivity contribution is 9.10. The molecule has 3 rings (SSSR count). The molecule has 0 bridgehead atoms. The third kappa shape index (κ3) is 2.59. The SMILES string of the molecule is COc1cccc2c1ccn2CC(=O)c1ccccc1Br. The molecule has 0 N–H and O–H groups in total. The molecule has 4 heteroatoms. The minimum absolute atomic E-state index is 0.0720. The van der Waals surface area contributed by atoms with E-state index in [0.717, 1.165) is 21.1 Å². The lowest BCUT2D eigenvalue weighted by atomic mass is 10.1. The maximum Gasteiger partial charge on any atom is 0.183 e. The Labute approximate surface area is 131 Å². The molecule has 0 saturated heterocycles. The van der Waals surface area contributed by atoms with Crippen molar-refractivity contribution in [2.24, 2.45) is 0 Å². The van der Waals surface area contributed by atoms with Gasteiger partial charge in [-0.15, -0.1) is 0 Å². The first-order chi connectivity index (χ1) is 10.2. The predicted octanol–water partition coefficient (Wildman–Crippen LogP) is 4.30. The summed E-state index contributed by atoms with van der Waals surface area (Å²) in [4.78, 5) is 12.4. The summed E-state index contributed by atoms with van der Waals surface area (Å²) in [6, 6.07) is 15.3. The minimum Gasteiger partial charge on any atom is -0.496 e. The van der Waals surface area contributed by atoms with E-state index < -0.39 is 0 Å². The van der Waals surface area contributed by atoms with Crippen molar-refractivity contribution in [2.45, 2.75) is 6.54 Å². The minimum atomic E-state index is 0.0720. The number of nitrogens with zero attached hydrogens (tertiary/aromatic N) is 1. The quantitative estimate of drug-likeness (QED) is 0.661. The second-order valence-electron chi connectivity index (χ2n) is 4.74. The molecule has 21 heavy (non-hydrogen) atoms. The van der Waals surface area contributed by atoms with E-state index in [1.165, 1.54) is 0 Å². The maximum absolute atomic E-state index is 12.4. The van der Waals surface area contributed by atoms with E-state index in [0.29, 0.717) is 12.1 Å². The highest BCUT2D eigenvalue weighted by Gasteiger charge is 2.12. The van der Waals surface area contributed by atoms with Crippen LogP contribution in [-0.2, 0) is 6.54 Å². The van der Waals surface area contributed by atoms with Crippen LogP contribution in [0.3, 0.4) is 0 Å². The first-order valence-corrected chi connectivity index (χ1v) is 7.39. The standard InChI is InChI=1S/C17H14BrNO2/c1-21-17-8-4-7-15-13(17)9-10-19(15)11-16(20)12-5-2-3-6-14(12)18/h2-10H,11H2,1H3. The molecule has 2 aromatic carbocycles. The third-order valence-electron chi connectivity index (χ3n) is 3.48. The number of ketones is 1. The normalized spacial score (nSPS) is 10.8. The van der Waals surface area contributed by atoms with E-state index in [9.17, 15) is 4.79 Å². The van der Waals surface area contributed by atoms with Crippen LogP contribution in [0.2, 0.25) is 0 Å². The Morgan fingerprint density at radius 2 is 1.95 bits per heavy atom. The first-order valence-electron chi connectivity index (χ1n) is 6.60. The van der Waals surface area contributed by atoms with Gasteiger partial charge >= 0.3 is 0 Å². The van der Waals surface area contributed by atoms with Crippen LogP contribution in [0, 0.1) is 0 Å². The Morgan fingerprint density at radius 1 is 1.14 bits per heavy atom. The molecule has 0 unspecified atom stereocenters. The predicted molar refractivity (Wildman–Crippen MR) is 87.0 cm³/mol. The van der Waals surface area contributed by atoms with Crippen LogP contribution in [0.25, 0.3) is 10.9 Å². The van der Waals surface area contributed by atoms with Gasteiger partial charge in [0, 0.05) is 21.6 Å². The van der Waals surface area contributed by atoms with Crippen LogP contribution in [0.15, 0.2) is 59.2 Å². The van der Waals surface area contributed by atoms with E-state index in [4.69, 9.17) is 4.74 Å². The zero-order chi connectivity index (χ0) is 14.8. The Hall–Kier alpha value is -2.07. The number of ether oxygens (including phenoxy) is 1. The molecule has 0 aliphatic heterocycles. The molecule has 0 radical (unpaired) electrons. The van der Waals surface area contributed by atoms with E-state index in [-0.39, 0.29) is 5.78 Å². The van der Waals surface area contributed by atoms with Crippen molar-refractivity contribution in [3.63, 3.8) is 0 Å². The van der Waals surface area contributed by atoms with Crippen molar-refractivity contribution in [1.29, 1.82) is 0 Å². The monoisotopic (exact) mass is 343 g/mol. The van der Waals surface area contributed by atoms with Gasteiger partial charge in [-0.25, -0.2) is 0 Å². The van der Waals surface area contributed by atoms with Gasteiger partial charge in [0.25, 0.3) is 0 Å². The Morgan fingerprint density at radius 3 is 2.71 bits per heavy atom. The Kier molecular flexibility index (Phi) is 3.80. The number of aromatic nitrogens is 1. The molecule has 0 amide bonds. The van der Waals surface area contributed by atoms with Crippen molar-refractivity contribution in [3.05, 3.63) is 64.8 Å². The fourth-order valence-corrected chi connectivity index (χ4v) is 2.94. The van der Waals surface area contributed by atoms with Crippen molar-refractivity contribution < 1.29 is 9.53 Å². The lowest BCUT2D eigenvalue weighted by molar-refractivity contribution is 0.0973. The molecule has 0 spiro atoms. The van der Waals surface area contributed by atoms with Crippen molar-refractivity contribution in [1.82, 2.24) is 4.57 Å². The number of halogens is 1. The molecule has 0 aliphatic carbocycles. The molecule has 106 valence electrons. The fourth-order valence-electron chi connectivity index (χ4n) is 2.44. The van der Waals surface area contributed by atoms with Crippen LogP contribution in [0.4, 0.5) is 0 Å². The molecule has 3 nitrogen and oxygen atoms in total. The van der Waals surface area contributed by atoms with Gasteiger partial charge in [0.05, 0.1) is 19.2 Å². The smallest absolute Gasteiger partial charge is 0.183 e. The van der Waals surface area contributed by atoms with Crippen LogP contribution >= 0.6 is 15.9 Å². The van der Waals surface area contributed by atoms with Crippen LogP contribution in [-0.4, -0.2) is 17.5 Å². The number of carbonyl (C=O) groups excluding carboxylic acids is 1. The first kappa shape index (κ1) is 13.9. The molecule has 1 aromatic heterocycles. The van der Waals surface area contributed by atoms with Crippen LogP contribution < -0.4 is 4.74 Å². The summed E-state index contributed by atoms with van der Waals surface area (Å²) >= 11 is 3.42. The molecular formula is C17H14BrNO2. The van der Waals surface area contributed by atoms with Gasteiger partial charge in [-0.05, 0) is 24.3 Å². The Bertz CT molecular complexity index is 807. The second-order valence-corrected chi connectivity index (χ2v) is 5.59. The lowest BCUT2D eigenvalue weighted by Crippen LogP contribution is -2.10. The van der Waals surface area contributed by atoms with Crippen LogP contribution in [0.5, 0.6) is 5.75 Å². The number of hydrogen-bond donors (Lipinski definition) is 0.